The zero-order chi connectivity index (χ0) is 12.4. The largest absolute Gasteiger partial charge is 0.454 e. The van der Waals surface area contributed by atoms with Crippen molar-refractivity contribution in [3.63, 3.8) is 0 Å². The Morgan fingerprint density at radius 2 is 1.88 bits per heavy atom. The lowest BCUT2D eigenvalue weighted by atomic mass is 9.94. The summed E-state index contributed by atoms with van der Waals surface area (Å²) < 4.78 is 4.74. The number of carbonyl (C=O) groups is 3. The first kappa shape index (κ1) is 11.5. The molecule has 4 nitrogen and oxygen atoms in total. The van der Waals surface area contributed by atoms with E-state index in [9.17, 15) is 14.4 Å². The van der Waals surface area contributed by atoms with Crippen LogP contribution in [0.1, 0.15) is 12.5 Å². The van der Waals surface area contributed by atoms with E-state index in [0.717, 1.165) is 5.56 Å². The molecule has 2 atom stereocenters. The fourth-order valence-corrected chi connectivity index (χ4v) is 1.84. The van der Waals surface area contributed by atoms with E-state index >= 15 is 0 Å². The molecule has 1 fully saturated rings. The van der Waals surface area contributed by atoms with Gasteiger partial charge in [-0.05, 0) is 12.5 Å². The van der Waals surface area contributed by atoms with Crippen molar-refractivity contribution in [2.75, 3.05) is 0 Å². The number of hydrogen-bond acceptors (Lipinski definition) is 4. The van der Waals surface area contributed by atoms with Crippen molar-refractivity contribution >= 4 is 17.5 Å². The summed E-state index contributed by atoms with van der Waals surface area (Å²) in [4.78, 5) is 34.8. The molecule has 0 saturated carbocycles. The molecule has 1 aliphatic heterocycles. The summed E-state index contributed by atoms with van der Waals surface area (Å²) in [6, 6.07) is 9.02. The smallest absolute Gasteiger partial charge is 0.325 e. The molecular formula is C13H12O4. The summed E-state index contributed by atoms with van der Waals surface area (Å²) in [5.41, 5.74) is 0.789. The number of rotatable bonds is 3. The maximum atomic E-state index is 11.9. The van der Waals surface area contributed by atoms with Crippen LogP contribution < -0.4 is 0 Å². The van der Waals surface area contributed by atoms with Crippen LogP contribution in [0.2, 0.25) is 0 Å². The topological polar surface area (TPSA) is 60.4 Å². The van der Waals surface area contributed by atoms with E-state index in [-0.39, 0.29) is 6.42 Å². The number of cyclic esters (lactones) is 1. The van der Waals surface area contributed by atoms with Gasteiger partial charge in [0.1, 0.15) is 0 Å². The van der Waals surface area contributed by atoms with Crippen molar-refractivity contribution in [3.8, 4) is 0 Å². The molecule has 0 bridgehead atoms. The first-order chi connectivity index (χ1) is 8.09. The van der Waals surface area contributed by atoms with Crippen LogP contribution in [0.3, 0.4) is 0 Å². The van der Waals surface area contributed by atoms with E-state index < -0.39 is 29.6 Å². The van der Waals surface area contributed by atoms with E-state index in [1.165, 1.54) is 6.92 Å². The standard InChI is InChI=1S/C13H12O4/c1-8-12(15)11(13(16)17-8)10(14)7-9-5-3-2-4-6-9/h2-6,8,11H,7H2,1H3/t8-,11?/m0/s1. The Morgan fingerprint density at radius 1 is 1.24 bits per heavy atom. The van der Waals surface area contributed by atoms with Gasteiger partial charge in [0, 0.05) is 6.42 Å². The molecule has 0 aliphatic carbocycles. The maximum absolute atomic E-state index is 11.9. The Hall–Kier alpha value is -1.97. The van der Waals surface area contributed by atoms with Gasteiger partial charge in [-0.1, -0.05) is 30.3 Å². The van der Waals surface area contributed by atoms with Crippen molar-refractivity contribution in [3.05, 3.63) is 35.9 Å². The van der Waals surface area contributed by atoms with Crippen LogP contribution >= 0.6 is 0 Å². The van der Waals surface area contributed by atoms with Gasteiger partial charge in [-0.3, -0.25) is 14.4 Å². The van der Waals surface area contributed by atoms with Gasteiger partial charge in [0.25, 0.3) is 0 Å². The molecule has 1 aromatic carbocycles. The lowest BCUT2D eigenvalue weighted by Crippen LogP contribution is -2.28. The highest BCUT2D eigenvalue weighted by Crippen LogP contribution is 2.19. The van der Waals surface area contributed by atoms with Gasteiger partial charge in [-0.15, -0.1) is 0 Å². The minimum Gasteiger partial charge on any atom is -0.454 e. The summed E-state index contributed by atoms with van der Waals surface area (Å²) in [5, 5.41) is 0. The molecule has 0 aromatic heterocycles. The van der Waals surface area contributed by atoms with E-state index in [0.29, 0.717) is 0 Å². The molecule has 1 aliphatic rings. The lowest BCUT2D eigenvalue weighted by molar-refractivity contribution is -0.146. The molecule has 1 unspecified atom stereocenters. The zero-order valence-electron chi connectivity index (χ0n) is 9.38. The summed E-state index contributed by atoms with van der Waals surface area (Å²) in [5.74, 6) is -2.78. The maximum Gasteiger partial charge on any atom is 0.325 e. The van der Waals surface area contributed by atoms with E-state index in [1.807, 2.05) is 6.07 Å². The Bertz CT molecular complexity index is 464. The van der Waals surface area contributed by atoms with Crippen LogP contribution in [0, 0.1) is 5.92 Å². The van der Waals surface area contributed by atoms with Crippen molar-refractivity contribution in [2.45, 2.75) is 19.4 Å². The third-order valence-electron chi connectivity index (χ3n) is 2.76. The molecule has 2 rings (SSSR count). The van der Waals surface area contributed by atoms with Gasteiger partial charge >= 0.3 is 5.97 Å². The van der Waals surface area contributed by atoms with Crippen molar-refractivity contribution < 1.29 is 19.1 Å². The summed E-state index contributed by atoms with van der Waals surface area (Å²) >= 11 is 0. The predicted molar refractivity (Wildman–Crippen MR) is 59.2 cm³/mol. The van der Waals surface area contributed by atoms with Crippen LogP contribution in [0.5, 0.6) is 0 Å². The molecule has 17 heavy (non-hydrogen) atoms. The molecular weight excluding hydrogens is 220 g/mol. The van der Waals surface area contributed by atoms with Crippen LogP contribution in [0.4, 0.5) is 0 Å². The molecule has 4 heteroatoms. The minimum absolute atomic E-state index is 0.0824. The monoisotopic (exact) mass is 232 g/mol. The van der Waals surface area contributed by atoms with Gasteiger partial charge in [0.2, 0.25) is 0 Å². The average molecular weight is 232 g/mol. The number of hydrogen-bond donors (Lipinski definition) is 0. The highest BCUT2D eigenvalue weighted by atomic mass is 16.6. The van der Waals surface area contributed by atoms with Crippen molar-refractivity contribution in [1.82, 2.24) is 0 Å². The van der Waals surface area contributed by atoms with Crippen LogP contribution in [0.15, 0.2) is 30.3 Å². The van der Waals surface area contributed by atoms with Crippen molar-refractivity contribution in [1.29, 1.82) is 0 Å². The van der Waals surface area contributed by atoms with E-state index in [2.05, 4.69) is 0 Å². The zero-order valence-corrected chi connectivity index (χ0v) is 9.38. The lowest BCUT2D eigenvalue weighted by Gasteiger charge is -2.03. The SMILES string of the molecule is C[C@@H]1OC(=O)C(C(=O)Cc2ccccc2)C1=O. The predicted octanol–water partition coefficient (Wildman–Crippen LogP) is 0.929. The van der Waals surface area contributed by atoms with Crippen LogP contribution in [-0.2, 0) is 25.5 Å². The molecule has 0 N–H and O–H groups in total. The second kappa shape index (κ2) is 4.49. The normalized spacial score (nSPS) is 23.6. The van der Waals surface area contributed by atoms with E-state index in [4.69, 9.17) is 4.74 Å². The van der Waals surface area contributed by atoms with Gasteiger partial charge < -0.3 is 4.74 Å². The second-order valence-corrected chi connectivity index (χ2v) is 4.04. The molecule has 1 saturated heterocycles. The molecule has 1 aromatic rings. The third kappa shape index (κ3) is 2.25. The summed E-state index contributed by atoms with van der Waals surface area (Å²) in [7, 11) is 0. The highest BCUT2D eigenvalue weighted by molar-refractivity contribution is 6.21. The molecule has 88 valence electrons. The Kier molecular flexibility index (Phi) is 3.04. The van der Waals surface area contributed by atoms with Gasteiger partial charge in [-0.25, -0.2) is 0 Å². The Morgan fingerprint density at radius 3 is 2.41 bits per heavy atom. The van der Waals surface area contributed by atoms with E-state index in [1.54, 1.807) is 24.3 Å². The number of Topliss-reactive ketones (excluding diaryl/α,β-unsaturated/α-hetero) is 2. The molecule has 1 heterocycles. The van der Waals surface area contributed by atoms with Gasteiger partial charge in [0.15, 0.2) is 23.6 Å². The first-order valence-electron chi connectivity index (χ1n) is 5.40. The number of ether oxygens (including phenoxy) is 1. The minimum atomic E-state index is -1.23. The van der Waals surface area contributed by atoms with Gasteiger partial charge in [-0.2, -0.15) is 0 Å². The molecule has 0 amide bonds. The third-order valence-corrected chi connectivity index (χ3v) is 2.76. The number of esters is 1. The van der Waals surface area contributed by atoms with Crippen LogP contribution in [-0.4, -0.2) is 23.6 Å². The van der Waals surface area contributed by atoms with Crippen LogP contribution in [0.25, 0.3) is 0 Å². The first-order valence-corrected chi connectivity index (χ1v) is 5.40. The molecule has 0 spiro atoms. The van der Waals surface area contributed by atoms with Gasteiger partial charge in [0.05, 0.1) is 0 Å². The number of benzene rings is 1. The fourth-order valence-electron chi connectivity index (χ4n) is 1.84. The average Bonchev–Trinajstić information content (AvgIpc) is 2.54. The molecule has 0 radical (unpaired) electrons. The summed E-state index contributed by atoms with van der Waals surface area (Å²) in [6.07, 6.45) is -0.716. The Balaban J connectivity index is 2.11. The highest BCUT2D eigenvalue weighted by Gasteiger charge is 2.45. The quantitative estimate of drug-likeness (QED) is 0.574. The van der Waals surface area contributed by atoms with Crippen molar-refractivity contribution in [2.24, 2.45) is 5.92 Å². The Labute approximate surface area is 98.6 Å². The fraction of sp³-hybridized carbons (Fsp3) is 0.308. The number of carbonyl (C=O) groups excluding carboxylic acids is 3. The second-order valence-electron chi connectivity index (χ2n) is 4.04. The number of ketones is 2. The summed E-state index contributed by atoms with van der Waals surface area (Å²) in [6.45, 7) is 1.48.